The SMILES string of the molecule is CO.COC(Nc1ccc(NC2=NCC(=N)C(NC3CCCC3)=C2)nc1)OC. The summed E-state index contributed by atoms with van der Waals surface area (Å²) in [6, 6.07) is 4.21. The number of methoxy groups -OCH3 is 2. The maximum absolute atomic E-state index is 8.10. The first-order chi connectivity index (χ1) is 13.7. The summed E-state index contributed by atoms with van der Waals surface area (Å²) in [5.41, 5.74) is 2.17. The molecule has 0 aromatic carbocycles. The number of hydrogen-bond donors (Lipinski definition) is 5. The molecule has 28 heavy (non-hydrogen) atoms. The zero-order valence-electron chi connectivity index (χ0n) is 16.7. The number of aliphatic imine (C=N–C) groups is 1. The summed E-state index contributed by atoms with van der Waals surface area (Å²) in [7, 11) is 4.12. The van der Waals surface area contributed by atoms with Gasteiger partial charge in [-0.05, 0) is 25.0 Å². The van der Waals surface area contributed by atoms with Gasteiger partial charge in [-0.25, -0.2) is 4.98 Å². The van der Waals surface area contributed by atoms with Crippen LogP contribution in [0.4, 0.5) is 11.5 Å². The van der Waals surface area contributed by atoms with Gasteiger partial charge in [0.2, 0.25) is 6.41 Å². The number of nitrogens with zero attached hydrogens (tertiary/aromatic N) is 2. The van der Waals surface area contributed by atoms with E-state index in [2.05, 4.69) is 25.9 Å². The summed E-state index contributed by atoms with van der Waals surface area (Å²) in [6.45, 7) is 0.372. The van der Waals surface area contributed by atoms with E-state index in [-0.39, 0.29) is 0 Å². The first-order valence-electron chi connectivity index (χ1n) is 9.28. The third-order valence-electron chi connectivity index (χ3n) is 4.46. The van der Waals surface area contributed by atoms with E-state index in [1.807, 2.05) is 18.2 Å². The van der Waals surface area contributed by atoms with Gasteiger partial charge in [-0.1, -0.05) is 12.8 Å². The van der Waals surface area contributed by atoms with Gasteiger partial charge in [0.1, 0.15) is 11.7 Å². The molecule has 2 heterocycles. The van der Waals surface area contributed by atoms with Gasteiger partial charge in [0.15, 0.2) is 0 Å². The molecule has 5 N–H and O–H groups in total. The van der Waals surface area contributed by atoms with Gasteiger partial charge in [0.25, 0.3) is 0 Å². The number of nitrogens with one attached hydrogen (secondary N) is 4. The van der Waals surface area contributed by atoms with Crippen LogP contribution in [0.15, 0.2) is 35.1 Å². The van der Waals surface area contributed by atoms with Gasteiger partial charge >= 0.3 is 0 Å². The Hall–Kier alpha value is -2.49. The van der Waals surface area contributed by atoms with Gasteiger partial charge in [-0.3, -0.25) is 4.99 Å². The number of ether oxygens (including phenoxy) is 2. The van der Waals surface area contributed by atoms with Crippen molar-refractivity contribution in [1.82, 2.24) is 10.3 Å². The van der Waals surface area contributed by atoms with E-state index in [9.17, 15) is 0 Å². The number of amidine groups is 1. The summed E-state index contributed by atoms with van der Waals surface area (Å²) < 4.78 is 10.2. The minimum absolute atomic E-state index is 0.372. The Morgan fingerprint density at radius 1 is 1.18 bits per heavy atom. The lowest BCUT2D eigenvalue weighted by Gasteiger charge is -2.21. The van der Waals surface area contributed by atoms with Gasteiger partial charge in [0.05, 0.1) is 29.8 Å². The van der Waals surface area contributed by atoms with Crippen LogP contribution in [0.2, 0.25) is 0 Å². The molecular formula is C19H30N6O3. The zero-order valence-corrected chi connectivity index (χ0v) is 16.7. The van der Waals surface area contributed by atoms with E-state index >= 15 is 0 Å². The summed E-state index contributed by atoms with van der Waals surface area (Å²) in [4.78, 5) is 8.77. The van der Waals surface area contributed by atoms with Gasteiger partial charge in [-0.2, -0.15) is 0 Å². The minimum Gasteiger partial charge on any atom is -0.400 e. The normalized spacial score (nSPS) is 16.8. The molecule has 0 unspecified atom stereocenters. The van der Waals surface area contributed by atoms with Crippen molar-refractivity contribution in [3.05, 3.63) is 30.1 Å². The molecule has 1 aromatic rings. The van der Waals surface area contributed by atoms with E-state index in [1.54, 1.807) is 20.4 Å². The molecule has 2 aliphatic rings. The fourth-order valence-corrected chi connectivity index (χ4v) is 3.05. The smallest absolute Gasteiger partial charge is 0.237 e. The molecule has 1 aromatic heterocycles. The van der Waals surface area contributed by atoms with Gasteiger partial charge in [0, 0.05) is 33.4 Å². The molecule has 1 saturated carbocycles. The summed E-state index contributed by atoms with van der Waals surface area (Å²) in [5, 5.41) is 24.8. The lowest BCUT2D eigenvalue weighted by atomic mass is 10.1. The highest BCUT2D eigenvalue weighted by atomic mass is 16.7. The molecule has 0 atom stereocenters. The molecule has 1 fully saturated rings. The molecule has 9 nitrogen and oxygen atoms in total. The van der Waals surface area contributed by atoms with Crippen molar-refractivity contribution in [3.63, 3.8) is 0 Å². The Labute approximate surface area is 165 Å². The molecule has 9 heteroatoms. The Morgan fingerprint density at radius 2 is 1.89 bits per heavy atom. The molecular weight excluding hydrogens is 360 g/mol. The van der Waals surface area contributed by atoms with E-state index in [0.29, 0.717) is 30.0 Å². The number of rotatable bonds is 7. The van der Waals surface area contributed by atoms with Crippen LogP contribution in [-0.4, -0.2) is 62.0 Å². The molecule has 0 radical (unpaired) electrons. The largest absolute Gasteiger partial charge is 0.400 e. The van der Waals surface area contributed by atoms with Crippen LogP contribution >= 0.6 is 0 Å². The third kappa shape index (κ3) is 6.29. The summed E-state index contributed by atoms with van der Waals surface area (Å²) in [6.07, 6.45) is 7.93. The van der Waals surface area contributed by atoms with Crippen LogP contribution in [0.3, 0.4) is 0 Å². The first kappa shape index (κ1) is 21.8. The van der Waals surface area contributed by atoms with Gasteiger partial charge < -0.3 is 35.9 Å². The quantitative estimate of drug-likeness (QED) is 0.451. The highest BCUT2D eigenvalue weighted by molar-refractivity contribution is 6.13. The van der Waals surface area contributed by atoms with Crippen LogP contribution in [0, 0.1) is 5.41 Å². The number of pyridine rings is 1. The number of hydrogen-bond acceptors (Lipinski definition) is 9. The van der Waals surface area contributed by atoms with Crippen molar-refractivity contribution in [2.75, 3.05) is 38.5 Å². The second-order valence-electron chi connectivity index (χ2n) is 6.37. The van der Waals surface area contributed by atoms with Crippen LogP contribution in [0.5, 0.6) is 0 Å². The van der Waals surface area contributed by atoms with Crippen molar-refractivity contribution >= 4 is 23.1 Å². The summed E-state index contributed by atoms with van der Waals surface area (Å²) in [5.74, 6) is 1.40. The average molecular weight is 390 g/mol. The van der Waals surface area contributed by atoms with E-state index in [1.165, 1.54) is 25.7 Å². The number of dihydropyridines is 1. The average Bonchev–Trinajstić information content (AvgIpc) is 3.24. The standard InChI is InChI=1S/C18H26N6O2.CH4O/c1-25-18(26-2)23-13-7-8-16(20-10-13)24-17-9-15(14(19)11-21-17)22-12-5-3-4-6-12;1-2/h7-10,12,18-19,22-23H,3-6,11H2,1-2H3,(H,20,21,24);2H,1H3. The Morgan fingerprint density at radius 3 is 2.50 bits per heavy atom. The minimum atomic E-state index is -0.517. The lowest BCUT2D eigenvalue weighted by molar-refractivity contribution is -0.0808. The second-order valence-corrected chi connectivity index (χ2v) is 6.37. The lowest BCUT2D eigenvalue weighted by Crippen LogP contribution is -2.33. The van der Waals surface area contributed by atoms with Crippen LogP contribution < -0.4 is 16.0 Å². The fourth-order valence-electron chi connectivity index (χ4n) is 3.05. The van der Waals surface area contributed by atoms with E-state index in [4.69, 9.17) is 20.0 Å². The molecule has 1 aliphatic carbocycles. The molecule has 1 aliphatic heterocycles. The molecule has 0 amide bonds. The Bertz CT molecular complexity index is 679. The van der Waals surface area contributed by atoms with Crippen molar-refractivity contribution in [2.24, 2.45) is 4.99 Å². The van der Waals surface area contributed by atoms with Crippen molar-refractivity contribution in [1.29, 1.82) is 5.41 Å². The maximum atomic E-state index is 8.10. The van der Waals surface area contributed by atoms with Crippen LogP contribution in [-0.2, 0) is 9.47 Å². The Balaban J connectivity index is 0.00000136. The molecule has 3 rings (SSSR count). The molecule has 0 bridgehead atoms. The van der Waals surface area contributed by atoms with Crippen molar-refractivity contribution in [3.8, 4) is 0 Å². The van der Waals surface area contributed by atoms with Crippen molar-refractivity contribution < 1.29 is 14.6 Å². The topological polar surface area (TPSA) is 124 Å². The van der Waals surface area contributed by atoms with Crippen LogP contribution in [0.1, 0.15) is 25.7 Å². The number of aliphatic hydroxyl groups is 1. The monoisotopic (exact) mass is 390 g/mol. The predicted molar refractivity (Wildman–Crippen MR) is 111 cm³/mol. The van der Waals surface area contributed by atoms with Crippen LogP contribution in [0.25, 0.3) is 0 Å². The highest BCUT2D eigenvalue weighted by Gasteiger charge is 2.19. The molecule has 0 saturated heterocycles. The molecule has 0 spiro atoms. The predicted octanol–water partition coefficient (Wildman–Crippen LogP) is 1.94. The molecule has 154 valence electrons. The Kier molecular flexibility index (Phi) is 8.86. The number of aliphatic hydroxyl groups excluding tert-OH is 1. The zero-order chi connectivity index (χ0) is 20.4. The number of aromatic nitrogens is 1. The second kappa shape index (κ2) is 11.4. The number of anilines is 2. The fraction of sp³-hybridized carbons (Fsp3) is 0.526. The maximum Gasteiger partial charge on any atom is 0.237 e. The van der Waals surface area contributed by atoms with Gasteiger partial charge in [-0.15, -0.1) is 0 Å². The van der Waals surface area contributed by atoms with Crippen molar-refractivity contribution in [2.45, 2.75) is 38.1 Å². The van der Waals surface area contributed by atoms with E-state index in [0.717, 1.165) is 18.5 Å². The van der Waals surface area contributed by atoms with E-state index < -0.39 is 6.41 Å². The third-order valence-corrected chi connectivity index (χ3v) is 4.46. The highest BCUT2D eigenvalue weighted by Crippen LogP contribution is 2.20. The first-order valence-corrected chi connectivity index (χ1v) is 9.28. The summed E-state index contributed by atoms with van der Waals surface area (Å²) >= 11 is 0.